The Hall–Kier alpha value is -3.02. The second-order valence-corrected chi connectivity index (χ2v) is 5.50. The highest BCUT2D eigenvalue weighted by Crippen LogP contribution is 2.23. The molecule has 3 N–H and O–H groups in total. The third-order valence-electron chi connectivity index (χ3n) is 3.29. The Morgan fingerprint density at radius 3 is 2.04 bits per heavy atom. The van der Waals surface area contributed by atoms with E-state index in [0.29, 0.717) is 22.8 Å². The molecule has 0 aliphatic heterocycles. The first kappa shape index (κ1) is 17.3. The third kappa shape index (κ3) is 4.74. The molecule has 0 unspecified atom stereocenters. The number of rotatable bonds is 5. The van der Waals surface area contributed by atoms with Gasteiger partial charge < -0.3 is 20.7 Å². The Balaban J connectivity index is 1.96. The molecule has 0 saturated heterocycles. The molecule has 0 heterocycles. The summed E-state index contributed by atoms with van der Waals surface area (Å²) in [4.78, 5) is 23.7. The zero-order chi connectivity index (χ0) is 17.5. The number of methoxy groups -OCH3 is 1. The van der Waals surface area contributed by atoms with Crippen molar-refractivity contribution in [1.82, 2.24) is 0 Å². The quantitative estimate of drug-likeness (QED) is 0.778. The predicted molar refractivity (Wildman–Crippen MR) is 95.5 cm³/mol. The van der Waals surface area contributed by atoms with Crippen LogP contribution in [0.5, 0.6) is 5.75 Å². The van der Waals surface area contributed by atoms with E-state index < -0.39 is 0 Å². The number of hydrogen-bond donors (Lipinski definition) is 3. The van der Waals surface area contributed by atoms with Gasteiger partial charge in [-0.1, -0.05) is 26.0 Å². The van der Waals surface area contributed by atoms with Gasteiger partial charge in [-0.25, -0.2) is 4.79 Å². The Morgan fingerprint density at radius 1 is 0.875 bits per heavy atom. The molecule has 126 valence electrons. The van der Waals surface area contributed by atoms with Crippen LogP contribution in [0.3, 0.4) is 0 Å². The molecule has 0 aliphatic carbocycles. The average molecular weight is 327 g/mol. The highest BCUT2D eigenvalue weighted by Gasteiger charge is 2.08. The molecule has 2 rings (SSSR count). The molecule has 0 fully saturated rings. The maximum absolute atomic E-state index is 12.1. The van der Waals surface area contributed by atoms with E-state index in [0.717, 1.165) is 0 Å². The summed E-state index contributed by atoms with van der Waals surface area (Å²) in [6, 6.07) is 13.7. The summed E-state index contributed by atoms with van der Waals surface area (Å²) in [6.45, 7) is 3.65. The summed E-state index contributed by atoms with van der Waals surface area (Å²) in [5.74, 6) is 0.443. The van der Waals surface area contributed by atoms with Crippen LogP contribution in [0, 0.1) is 5.92 Å². The van der Waals surface area contributed by atoms with Crippen LogP contribution < -0.4 is 20.7 Å². The number of para-hydroxylation sites is 2. The van der Waals surface area contributed by atoms with Crippen molar-refractivity contribution in [2.24, 2.45) is 5.92 Å². The van der Waals surface area contributed by atoms with Gasteiger partial charge in [-0.3, -0.25) is 4.79 Å². The lowest BCUT2D eigenvalue weighted by Crippen LogP contribution is -2.20. The van der Waals surface area contributed by atoms with E-state index in [-0.39, 0.29) is 17.9 Å². The van der Waals surface area contributed by atoms with Crippen molar-refractivity contribution < 1.29 is 14.3 Å². The summed E-state index contributed by atoms with van der Waals surface area (Å²) >= 11 is 0. The molecule has 2 aromatic rings. The third-order valence-corrected chi connectivity index (χ3v) is 3.29. The van der Waals surface area contributed by atoms with Gasteiger partial charge in [0.15, 0.2) is 0 Å². The van der Waals surface area contributed by atoms with E-state index in [1.165, 1.54) is 0 Å². The molecule has 0 atom stereocenters. The summed E-state index contributed by atoms with van der Waals surface area (Å²) in [6.07, 6.45) is 0. The second-order valence-electron chi connectivity index (χ2n) is 5.50. The minimum absolute atomic E-state index is 0.0513. The lowest BCUT2D eigenvalue weighted by atomic mass is 10.2. The number of benzene rings is 2. The fourth-order valence-corrected chi connectivity index (χ4v) is 1.96. The maximum atomic E-state index is 12.1. The first-order valence-corrected chi connectivity index (χ1v) is 7.61. The fourth-order valence-electron chi connectivity index (χ4n) is 1.96. The zero-order valence-electron chi connectivity index (χ0n) is 13.9. The van der Waals surface area contributed by atoms with Crippen LogP contribution in [0.4, 0.5) is 21.9 Å². The molecular formula is C18H21N3O3. The Bertz CT molecular complexity index is 712. The smallest absolute Gasteiger partial charge is 0.323 e. The zero-order valence-corrected chi connectivity index (χ0v) is 13.9. The predicted octanol–water partition coefficient (Wildman–Crippen LogP) is 3.93. The van der Waals surface area contributed by atoms with Crippen molar-refractivity contribution >= 4 is 29.0 Å². The van der Waals surface area contributed by atoms with Crippen molar-refractivity contribution in [2.45, 2.75) is 13.8 Å². The van der Waals surface area contributed by atoms with Gasteiger partial charge in [0.1, 0.15) is 5.75 Å². The van der Waals surface area contributed by atoms with Crippen molar-refractivity contribution in [3.63, 3.8) is 0 Å². The molecule has 2 aromatic carbocycles. The van der Waals surface area contributed by atoms with E-state index in [4.69, 9.17) is 4.74 Å². The first-order chi connectivity index (χ1) is 11.5. The second kappa shape index (κ2) is 8.01. The molecule has 24 heavy (non-hydrogen) atoms. The number of urea groups is 1. The van der Waals surface area contributed by atoms with Gasteiger partial charge in [-0.05, 0) is 36.4 Å². The van der Waals surface area contributed by atoms with Gasteiger partial charge in [0.2, 0.25) is 5.91 Å². The summed E-state index contributed by atoms with van der Waals surface area (Å²) in [5.41, 5.74) is 1.88. The Labute approximate surface area is 141 Å². The number of nitrogens with one attached hydrogen (secondary N) is 3. The molecule has 3 amide bonds. The lowest BCUT2D eigenvalue weighted by molar-refractivity contribution is -0.118. The molecule has 0 aromatic heterocycles. The van der Waals surface area contributed by atoms with E-state index in [1.807, 2.05) is 26.0 Å². The Morgan fingerprint density at radius 2 is 1.46 bits per heavy atom. The largest absolute Gasteiger partial charge is 0.495 e. The van der Waals surface area contributed by atoms with E-state index in [1.54, 1.807) is 43.5 Å². The monoisotopic (exact) mass is 327 g/mol. The highest BCUT2D eigenvalue weighted by molar-refractivity contribution is 6.01. The normalized spacial score (nSPS) is 10.2. The van der Waals surface area contributed by atoms with Crippen molar-refractivity contribution in [3.8, 4) is 5.75 Å². The summed E-state index contributed by atoms with van der Waals surface area (Å²) < 4.78 is 5.19. The highest BCUT2D eigenvalue weighted by atomic mass is 16.5. The standard InChI is InChI=1S/C18H21N3O3/c1-12(2)17(22)19-13-8-10-14(11-9-13)20-18(23)21-15-6-4-5-7-16(15)24-3/h4-12H,1-3H3,(H,19,22)(H2,20,21,23). The van der Waals surface area contributed by atoms with Gasteiger partial charge >= 0.3 is 6.03 Å². The fraction of sp³-hybridized carbons (Fsp3) is 0.222. The maximum Gasteiger partial charge on any atom is 0.323 e. The van der Waals surface area contributed by atoms with Crippen LogP contribution in [0.25, 0.3) is 0 Å². The molecule has 0 saturated carbocycles. The van der Waals surface area contributed by atoms with Crippen LogP contribution >= 0.6 is 0 Å². The van der Waals surface area contributed by atoms with Crippen LogP contribution in [0.15, 0.2) is 48.5 Å². The molecule has 6 nitrogen and oxygen atoms in total. The summed E-state index contributed by atoms with van der Waals surface area (Å²) in [7, 11) is 1.54. The molecule has 0 aliphatic rings. The van der Waals surface area contributed by atoms with Gasteiger partial charge in [0, 0.05) is 17.3 Å². The molecule has 0 spiro atoms. The van der Waals surface area contributed by atoms with Crippen molar-refractivity contribution in [1.29, 1.82) is 0 Å². The van der Waals surface area contributed by atoms with E-state index in [2.05, 4.69) is 16.0 Å². The molecule has 6 heteroatoms. The molecular weight excluding hydrogens is 306 g/mol. The van der Waals surface area contributed by atoms with Crippen molar-refractivity contribution in [2.75, 3.05) is 23.1 Å². The number of carbonyl (C=O) groups is 2. The average Bonchev–Trinajstić information content (AvgIpc) is 2.57. The van der Waals surface area contributed by atoms with Crippen LogP contribution in [0.1, 0.15) is 13.8 Å². The summed E-state index contributed by atoms with van der Waals surface area (Å²) in [5, 5.41) is 8.25. The number of ether oxygens (including phenoxy) is 1. The van der Waals surface area contributed by atoms with Crippen LogP contribution in [0.2, 0.25) is 0 Å². The minimum atomic E-state index is -0.376. The Kier molecular flexibility index (Phi) is 5.78. The topological polar surface area (TPSA) is 79.5 Å². The van der Waals surface area contributed by atoms with Gasteiger partial charge in [-0.15, -0.1) is 0 Å². The molecule has 0 radical (unpaired) electrons. The SMILES string of the molecule is COc1ccccc1NC(=O)Nc1ccc(NC(=O)C(C)C)cc1. The van der Waals surface area contributed by atoms with E-state index in [9.17, 15) is 9.59 Å². The number of carbonyl (C=O) groups excluding carboxylic acids is 2. The number of anilines is 3. The van der Waals surface area contributed by atoms with Crippen molar-refractivity contribution in [3.05, 3.63) is 48.5 Å². The minimum Gasteiger partial charge on any atom is -0.495 e. The number of hydrogen-bond acceptors (Lipinski definition) is 3. The van der Waals surface area contributed by atoms with Crippen LogP contribution in [-0.4, -0.2) is 19.0 Å². The van der Waals surface area contributed by atoms with Gasteiger partial charge in [0.05, 0.1) is 12.8 Å². The van der Waals surface area contributed by atoms with Crippen LogP contribution in [-0.2, 0) is 4.79 Å². The van der Waals surface area contributed by atoms with Gasteiger partial charge in [-0.2, -0.15) is 0 Å². The van der Waals surface area contributed by atoms with E-state index >= 15 is 0 Å². The first-order valence-electron chi connectivity index (χ1n) is 7.61. The molecule has 0 bridgehead atoms. The lowest BCUT2D eigenvalue weighted by Gasteiger charge is -2.12. The number of amides is 3. The van der Waals surface area contributed by atoms with Gasteiger partial charge in [0.25, 0.3) is 0 Å².